The molecular weight excluding hydrogens is 212 g/mol. The molecule has 0 unspecified atom stereocenters. The molecule has 0 heterocycles. The number of carbonyl (C=O) groups is 2. The summed E-state index contributed by atoms with van der Waals surface area (Å²) in [5.74, 6) is -0.734. The first-order valence-electron chi connectivity index (χ1n) is 5.68. The molecule has 0 N–H and O–H groups in total. The maximum absolute atomic E-state index is 11.0. The summed E-state index contributed by atoms with van der Waals surface area (Å²) in [6.45, 7) is 4.54. The van der Waals surface area contributed by atoms with E-state index in [-0.39, 0.29) is 18.8 Å². The molecule has 0 amide bonds. The zero-order chi connectivity index (χ0) is 12.2. The van der Waals surface area contributed by atoms with Crippen molar-refractivity contribution in [2.45, 2.75) is 46.0 Å². The van der Waals surface area contributed by atoms with Gasteiger partial charge in [-0.15, -0.1) is 0 Å². The maximum Gasteiger partial charge on any atom is 0.342 e. The Morgan fingerprint density at radius 2 is 1.69 bits per heavy atom. The molecule has 0 aliphatic rings. The largest absolute Gasteiger partial charge is 0.466 e. The van der Waals surface area contributed by atoms with Crippen LogP contribution < -0.4 is 0 Å². The molecule has 0 aromatic carbocycles. The lowest BCUT2D eigenvalue weighted by molar-refractivity contribution is -0.272. The molecule has 0 fully saturated rings. The molecule has 0 aromatic rings. The molecule has 0 saturated heterocycles. The van der Waals surface area contributed by atoms with Crippen LogP contribution in [0.3, 0.4) is 0 Å². The molecule has 0 saturated carbocycles. The number of carbonyl (C=O) groups excluding carboxylic acids is 2. The first kappa shape index (κ1) is 14.9. The van der Waals surface area contributed by atoms with Gasteiger partial charge in [0.2, 0.25) is 0 Å². The van der Waals surface area contributed by atoms with Gasteiger partial charge in [-0.1, -0.05) is 13.3 Å². The van der Waals surface area contributed by atoms with Crippen molar-refractivity contribution in [3.63, 3.8) is 0 Å². The number of rotatable bonds is 9. The Hall–Kier alpha value is -1.10. The summed E-state index contributed by atoms with van der Waals surface area (Å²) in [5.41, 5.74) is 0. The zero-order valence-electron chi connectivity index (χ0n) is 9.99. The van der Waals surface area contributed by atoms with Crippen LogP contribution in [0.2, 0.25) is 0 Å². The Labute approximate surface area is 96.0 Å². The Morgan fingerprint density at radius 1 is 1.00 bits per heavy atom. The minimum absolute atomic E-state index is 0.172. The molecule has 0 bridgehead atoms. The molecule has 0 aliphatic carbocycles. The highest BCUT2D eigenvalue weighted by molar-refractivity contribution is 5.72. The van der Waals surface area contributed by atoms with Gasteiger partial charge in [-0.25, -0.2) is 4.79 Å². The van der Waals surface area contributed by atoms with Crippen LogP contribution in [0, 0.1) is 0 Å². The van der Waals surface area contributed by atoms with Crippen LogP contribution in [0.5, 0.6) is 0 Å². The summed E-state index contributed by atoms with van der Waals surface area (Å²) < 4.78 is 4.71. The molecule has 16 heavy (non-hydrogen) atoms. The van der Waals surface area contributed by atoms with E-state index in [1.807, 2.05) is 6.92 Å². The number of hydrogen-bond donors (Lipinski definition) is 0. The first-order chi connectivity index (χ1) is 7.70. The topological polar surface area (TPSA) is 61.8 Å². The number of esters is 1. The lowest BCUT2D eigenvalue weighted by Gasteiger charge is -2.03. The third-order valence-corrected chi connectivity index (χ3v) is 1.80. The molecular formula is C11H20O5. The quantitative estimate of drug-likeness (QED) is 0.263. The summed E-state index contributed by atoms with van der Waals surface area (Å²) in [6.07, 6.45) is 2.67. The molecule has 0 aromatic heterocycles. The molecule has 0 radical (unpaired) electrons. The van der Waals surface area contributed by atoms with Crippen LogP contribution in [-0.4, -0.2) is 25.2 Å². The minimum atomic E-state index is -0.444. The van der Waals surface area contributed by atoms with E-state index in [2.05, 4.69) is 9.78 Å². The van der Waals surface area contributed by atoms with Gasteiger partial charge in [0.1, 0.15) is 0 Å². The Bertz CT molecular complexity index is 203. The molecule has 0 spiro atoms. The number of ether oxygens (including phenoxy) is 1. The zero-order valence-corrected chi connectivity index (χ0v) is 9.99. The maximum atomic E-state index is 11.0. The van der Waals surface area contributed by atoms with Crippen molar-refractivity contribution in [1.29, 1.82) is 0 Å². The fraction of sp³-hybridized carbons (Fsp3) is 0.818. The Kier molecular flexibility index (Phi) is 9.70. The summed E-state index contributed by atoms with van der Waals surface area (Å²) in [5, 5.41) is 0. The van der Waals surface area contributed by atoms with Gasteiger partial charge in [-0.2, -0.15) is 4.89 Å². The van der Waals surface area contributed by atoms with Gasteiger partial charge in [-0.3, -0.25) is 9.68 Å². The van der Waals surface area contributed by atoms with Crippen molar-refractivity contribution in [2.75, 3.05) is 13.2 Å². The second kappa shape index (κ2) is 10.4. The van der Waals surface area contributed by atoms with Gasteiger partial charge in [0, 0.05) is 12.8 Å². The minimum Gasteiger partial charge on any atom is -0.466 e. The summed E-state index contributed by atoms with van der Waals surface area (Å²) >= 11 is 0. The lowest BCUT2D eigenvalue weighted by Crippen LogP contribution is -2.08. The normalized spacial score (nSPS) is 9.88. The molecule has 5 nitrogen and oxygen atoms in total. The van der Waals surface area contributed by atoms with E-state index in [0.29, 0.717) is 19.6 Å². The van der Waals surface area contributed by atoms with Gasteiger partial charge < -0.3 is 4.74 Å². The van der Waals surface area contributed by atoms with Crippen molar-refractivity contribution in [3.05, 3.63) is 0 Å². The monoisotopic (exact) mass is 232 g/mol. The molecule has 0 aliphatic heterocycles. The third-order valence-electron chi connectivity index (χ3n) is 1.80. The van der Waals surface area contributed by atoms with Crippen molar-refractivity contribution >= 4 is 11.9 Å². The van der Waals surface area contributed by atoms with Gasteiger partial charge in [-0.05, 0) is 19.8 Å². The molecule has 0 rings (SSSR count). The van der Waals surface area contributed by atoms with E-state index >= 15 is 0 Å². The van der Waals surface area contributed by atoms with Crippen molar-refractivity contribution < 1.29 is 24.1 Å². The average Bonchev–Trinajstić information content (AvgIpc) is 2.25. The van der Waals surface area contributed by atoms with Crippen LogP contribution in [0.15, 0.2) is 0 Å². The molecule has 94 valence electrons. The fourth-order valence-electron chi connectivity index (χ4n) is 0.963. The lowest BCUT2D eigenvalue weighted by atomic mass is 10.2. The second-order valence-corrected chi connectivity index (χ2v) is 3.29. The van der Waals surface area contributed by atoms with Crippen LogP contribution in [-0.2, 0) is 24.1 Å². The second-order valence-electron chi connectivity index (χ2n) is 3.29. The van der Waals surface area contributed by atoms with Gasteiger partial charge >= 0.3 is 11.9 Å². The average molecular weight is 232 g/mol. The van der Waals surface area contributed by atoms with Crippen molar-refractivity contribution in [2.24, 2.45) is 0 Å². The first-order valence-corrected chi connectivity index (χ1v) is 5.68. The molecule has 0 atom stereocenters. The van der Waals surface area contributed by atoms with E-state index in [1.54, 1.807) is 6.92 Å². The van der Waals surface area contributed by atoms with Crippen LogP contribution in [0.4, 0.5) is 0 Å². The Balaban J connectivity index is 3.33. The summed E-state index contributed by atoms with van der Waals surface area (Å²) in [7, 11) is 0. The third kappa shape index (κ3) is 9.45. The van der Waals surface area contributed by atoms with Gasteiger partial charge in [0.25, 0.3) is 0 Å². The van der Waals surface area contributed by atoms with Crippen molar-refractivity contribution in [1.82, 2.24) is 0 Å². The highest BCUT2D eigenvalue weighted by atomic mass is 17.2. The fourth-order valence-corrected chi connectivity index (χ4v) is 0.963. The van der Waals surface area contributed by atoms with Gasteiger partial charge in [0.15, 0.2) is 0 Å². The number of unbranched alkanes of at least 4 members (excludes halogenated alkanes) is 1. The molecule has 5 heteroatoms. The van der Waals surface area contributed by atoms with E-state index in [1.165, 1.54) is 0 Å². The van der Waals surface area contributed by atoms with Crippen LogP contribution in [0.25, 0.3) is 0 Å². The van der Waals surface area contributed by atoms with Crippen LogP contribution in [0.1, 0.15) is 46.0 Å². The summed E-state index contributed by atoms with van der Waals surface area (Å²) in [4.78, 5) is 31.1. The van der Waals surface area contributed by atoms with Crippen LogP contribution >= 0.6 is 0 Å². The van der Waals surface area contributed by atoms with E-state index in [4.69, 9.17) is 4.74 Å². The van der Waals surface area contributed by atoms with E-state index in [9.17, 15) is 9.59 Å². The Morgan fingerprint density at radius 3 is 2.31 bits per heavy atom. The van der Waals surface area contributed by atoms with Gasteiger partial charge in [0.05, 0.1) is 13.2 Å². The smallest absolute Gasteiger partial charge is 0.342 e. The van der Waals surface area contributed by atoms with Crippen molar-refractivity contribution in [3.8, 4) is 0 Å². The highest BCUT2D eigenvalue weighted by Gasteiger charge is 2.07. The standard InChI is InChI=1S/C11H20O5/c1-3-5-9-15-16-11(13)8-6-7-10(12)14-4-2/h3-9H2,1-2H3. The SMILES string of the molecule is CCCCOOC(=O)CCCC(=O)OCC. The highest BCUT2D eigenvalue weighted by Crippen LogP contribution is 2.00. The summed E-state index contributed by atoms with van der Waals surface area (Å²) in [6, 6.07) is 0. The predicted octanol–water partition coefficient (Wildman–Crippen LogP) is 1.99. The van der Waals surface area contributed by atoms with E-state index < -0.39 is 5.97 Å². The number of hydrogen-bond acceptors (Lipinski definition) is 5. The predicted molar refractivity (Wildman–Crippen MR) is 57.4 cm³/mol. The van der Waals surface area contributed by atoms with E-state index in [0.717, 1.165) is 12.8 Å².